The van der Waals surface area contributed by atoms with E-state index < -0.39 is 28.9 Å². The van der Waals surface area contributed by atoms with E-state index in [0.29, 0.717) is 52.8 Å². The summed E-state index contributed by atoms with van der Waals surface area (Å²) in [5.41, 5.74) is -1.93. The summed E-state index contributed by atoms with van der Waals surface area (Å²) in [4.78, 5) is 32.1. The van der Waals surface area contributed by atoms with Crippen molar-refractivity contribution in [2.75, 3.05) is 5.32 Å². The predicted molar refractivity (Wildman–Crippen MR) is 130 cm³/mol. The molecule has 1 atom stereocenters. The van der Waals surface area contributed by atoms with Crippen molar-refractivity contribution in [3.63, 3.8) is 0 Å². The van der Waals surface area contributed by atoms with E-state index in [1.54, 1.807) is 18.3 Å². The minimum atomic E-state index is -4.61. The average Bonchev–Trinajstić information content (AvgIpc) is 3.54. The summed E-state index contributed by atoms with van der Waals surface area (Å²) < 4.78 is 39.2. The van der Waals surface area contributed by atoms with Crippen molar-refractivity contribution >= 4 is 40.0 Å². The Bertz CT molecular complexity index is 1460. The minimum absolute atomic E-state index is 0.228. The van der Waals surface area contributed by atoms with Gasteiger partial charge in [-0.1, -0.05) is 19.3 Å². The van der Waals surface area contributed by atoms with Crippen LogP contribution >= 0.6 is 11.3 Å². The maximum absolute atomic E-state index is 13.1. The van der Waals surface area contributed by atoms with Crippen LogP contribution in [0.15, 0.2) is 36.9 Å². The first kappa shape index (κ1) is 25.1. The third-order valence-electron chi connectivity index (χ3n) is 6.96. The minimum Gasteiger partial charge on any atom is -0.481 e. The number of carbonyl (C=O) groups is 1. The van der Waals surface area contributed by atoms with E-state index in [-0.39, 0.29) is 11.0 Å². The molecule has 3 aromatic heterocycles. The third kappa shape index (κ3) is 4.42. The number of imidazole rings is 1. The molecule has 0 radical (unpaired) electrons. The van der Waals surface area contributed by atoms with E-state index in [4.69, 9.17) is 0 Å². The number of aromatic amines is 1. The molecule has 0 saturated heterocycles. The van der Waals surface area contributed by atoms with Crippen LogP contribution in [0.4, 0.5) is 24.8 Å². The molecule has 3 heterocycles. The second-order valence-corrected chi connectivity index (χ2v) is 10.3. The summed E-state index contributed by atoms with van der Waals surface area (Å²) >= 11 is 1.16. The number of aromatic nitrogens is 5. The molecule has 0 aliphatic heterocycles. The van der Waals surface area contributed by atoms with Crippen molar-refractivity contribution in [1.82, 2.24) is 24.9 Å². The van der Waals surface area contributed by atoms with Gasteiger partial charge in [0.2, 0.25) is 5.95 Å². The van der Waals surface area contributed by atoms with Gasteiger partial charge in [-0.05, 0) is 38.0 Å². The van der Waals surface area contributed by atoms with Crippen LogP contribution in [0.3, 0.4) is 0 Å². The highest BCUT2D eigenvalue weighted by Gasteiger charge is 2.55. The second-order valence-electron chi connectivity index (χ2n) is 9.26. The molecule has 4 N–H and O–H groups in total. The van der Waals surface area contributed by atoms with E-state index in [1.807, 2.05) is 0 Å². The predicted octanol–water partition coefficient (Wildman–Crippen LogP) is 5.48. The number of benzene rings is 1. The van der Waals surface area contributed by atoms with Crippen molar-refractivity contribution < 1.29 is 28.2 Å². The second kappa shape index (κ2) is 9.06. The van der Waals surface area contributed by atoms with Crippen LogP contribution in [0.25, 0.3) is 21.5 Å². The molecule has 0 bridgehead atoms. The van der Waals surface area contributed by atoms with Gasteiger partial charge in [-0.15, -0.1) is 11.3 Å². The number of nitrogens with one attached hydrogen (secondary N) is 2. The molecule has 1 fully saturated rings. The van der Waals surface area contributed by atoms with Crippen molar-refractivity contribution in [2.45, 2.75) is 50.8 Å². The summed E-state index contributed by atoms with van der Waals surface area (Å²) in [5, 5.41) is 24.7. The normalized spacial score (nSPS) is 17.4. The first-order valence-corrected chi connectivity index (χ1v) is 12.4. The van der Waals surface area contributed by atoms with E-state index >= 15 is 0 Å². The molecular weight excluding hydrogens is 509 g/mol. The van der Waals surface area contributed by atoms with Crippen LogP contribution in [0.1, 0.15) is 49.7 Å². The number of aliphatic carboxylic acids is 1. The Hall–Kier alpha value is -3.58. The van der Waals surface area contributed by atoms with Crippen LogP contribution in [-0.2, 0) is 16.6 Å². The van der Waals surface area contributed by atoms with Gasteiger partial charge in [0, 0.05) is 23.6 Å². The Kier molecular flexibility index (Phi) is 6.15. The number of aliphatic hydroxyl groups is 1. The van der Waals surface area contributed by atoms with Gasteiger partial charge in [-0.25, -0.2) is 19.9 Å². The molecule has 1 aliphatic carbocycles. The van der Waals surface area contributed by atoms with Crippen molar-refractivity contribution in [3.05, 3.63) is 47.6 Å². The Labute approximate surface area is 212 Å². The molecule has 1 aromatic carbocycles. The largest absolute Gasteiger partial charge is 0.481 e. The molecule has 13 heteroatoms. The lowest BCUT2D eigenvalue weighted by molar-refractivity contribution is -0.174. The molecule has 4 aromatic rings. The molecule has 0 amide bonds. The maximum Gasteiger partial charge on any atom is 0.433 e. The molecule has 37 heavy (non-hydrogen) atoms. The van der Waals surface area contributed by atoms with Gasteiger partial charge in [0.05, 0.1) is 22.2 Å². The Morgan fingerprint density at radius 3 is 2.62 bits per heavy atom. The number of rotatable bonds is 6. The van der Waals surface area contributed by atoms with Gasteiger partial charge >= 0.3 is 12.1 Å². The lowest BCUT2D eigenvalue weighted by Crippen LogP contribution is -2.50. The number of hydrogen-bond donors (Lipinski definition) is 4. The number of carboxylic acid groups (broad SMARTS) is 1. The lowest BCUT2D eigenvalue weighted by atomic mass is 9.64. The Morgan fingerprint density at radius 1 is 1.16 bits per heavy atom. The van der Waals surface area contributed by atoms with Gasteiger partial charge in [0.15, 0.2) is 0 Å². The topological polar surface area (TPSA) is 137 Å². The molecule has 0 spiro atoms. The first-order valence-electron chi connectivity index (χ1n) is 11.6. The zero-order valence-corrected chi connectivity index (χ0v) is 20.4. The number of alkyl halides is 3. The molecular formula is C24H23F3N6O3S. The first-order chi connectivity index (χ1) is 17.5. The number of anilines is 2. The molecule has 1 saturated carbocycles. The highest BCUT2D eigenvalue weighted by atomic mass is 32.1. The molecule has 1 aliphatic rings. The Morgan fingerprint density at radius 2 is 1.92 bits per heavy atom. The highest BCUT2D eigenvalue weighted by Crippen LogP contribution is 2.51. The zero-order valence-electron chi connectivity index (χ0n) is 19.6. The molecule has 1 unspecified atom stereocenters. The number of carboxylic acids is 1. The van der Waals surface area contributed by atoms with Crippen molar-refractivity contribution in [1.29, 1.82) is 0 Å². The number of fused-ring (bicyclic) bond motifs is 1. The fourth-order valence-corrected chi connectivity index (χ4v) is 5.99. The summed E-state index contributed by atoms with van der Waals surface area (Å²) in [6.07, 6.45) is 2.47. The summed E-state index contributed by atoms with van der Waals surface area (Å²) in [6.45, 7) is 1.50. The Balaban J connectivity index is 1.52. The summed E-state index contributed by atoms with van der Waals surface area (Å²) in [6, 6.07) is 4.12. The lowest BCUT2D eigenvalue weighted by Gasteiger charge is -2.43. The summed E-state index contributed by atoms with van der Waals surface area (Å²) in [7, 11) is 0. The van der Waals surface area contributed by atoms with Gasteiger partial charge < -0.3 is 20.5 Å². The molecule has 194 valence electrons. The smallest absolute Gasteiger partial charge is 0.433 e. The van der Waals surface area contributed by atoms with E-state index in [9.17, 15) is 28.2 Å². The SMILES string of the molecule is CC(O)(c1ncc(-c2cc(Nc3nccc(C(F)(F)F)n3)cc3[nH]cnc23)s1)C1(C(=O)O)CCCCC1. The number of thiazole rings is 1. The van der Waals surface area contributed by atoms with E-state index in [1.165, 1.54) is 13.3 Å². The molecule has 5 rings (SSSR count). The van der Waals surface area contributed by atoms with Crippen LogP contribution in [0, 0.1) is 5.41 Å². The number of halogens is 3. The van der Waals surface area contributed by atoms with Crippen molar-refractivity contribution in [3.8, 4) is 10.4 Å². The average molecular weight is 533 g/mol. The maximum atomic E-state index is 13.1. The van der Waals surface area contributed by atoms with Gasteiger partial charge in [-0.2, -0.15) is 13.2 Å². The fraction of sp³-hybridized carbons (Fsp3) is 0.375. The van der Waals surface area contributed by atoms with Crippen LogP contribution in [0.5, 0.6) is 0 Å². The highest BCUT2D eigenvalue weighted by molar-refractivity contribution is 7.15. The standard InChI is InChI=1S/C24H23F3N6O3S/c1-22(36,23(20(34)35)6-3-2-4-7-23)19-29-11-16(37-19)14-9-13(10-15-18(14)31-12-30-15)32-21-28-8-5-17(33-21)24(25,26)27/h5,8-12,36H,2-4,6-7H2,1H3,(H,30,31)(H,34,35)(H,28,32,33). The zero-order chi connectivity index (χ0) is 26.4. The van der Waals surface area contributed by atoms with Gasteiger partial charge in [0.25, 0.3) is 0 Å². The van der Waals surface area contributed by atoms with E-state index in [0.717, 1.165) is 30.0 Å². The number of nitrogens with zero attached hydrogens (tertiary/aromatic N) is 4. The van der Waals surface area contributed by atoms with Crippen LogP contribution in [-0.4, -0.2) is 41.1 Å². The quantitative estimate of drug-likeness (QED) is 0.256. The van der Waals surface area contributed by atoms with Crippen LogP contribution in [0.2, 0.25) is 0 Å². The number of H-pyrrole nitrogens is 1. The van der Waals surface area contributed by atoms with Crippen molar-refractivity contribution in [2.24, 2.45) is 5.41 Å². The monoisotopic (exact) mass is 532 g/mol. The fourth-order valence-electron chi connectivity index (χ4n) is 4.91. The molecule has 9 nitrogen and oxygen atoms in total. The number of hydrogen-bond acceptors (Lipinski definition) is 8. The van der Waals surface area contributed by atoms with Gasteiger partial charge in [-0.3, -0.25) is 4.79 Å². The summed E-state index contributed by atoms with van der Waals surface area (Å²) in [5.74, 6) is -1.27. The third-order valence-corrected chi connectivity index (χ3v) is 8.20. The van der Waals surface area contributed by atoms with Crippen LogP contribution < -0.4 is 5.32 Å². The van der Waals surface area contributed by atoms with Gasteiger partial charge in [0.1, 0.15) is 21.7 Å². The van der Waals surface area contributed by atoms with E-state index in [2.05, 4.69) is 30.2 Å².